The summed E-state index contributed by atoms with van der Waals surface area (Å²) in [5.41, 5.74) is 0. The van der Waals surface area contributed by atoms with Gasteiger partial charge in [0.15, 0.2) is 0 Å². The Morgan fingerprint density at radius 1 is 1.25 bits per heavy atom. The number of fused-ring (bicyclic) bond motifs is 1. The van der Waals surface area contributed by atoms with E-state index in [1.807, 2.05) is 0 Å². The van der Waals surface area contributed by atoms with Crippen molar-refractivity contribution in [2.75, 3.05) is 32.8 Å². The van der Waals surface area contributed by atoms with Crippen LogP contribution in [-0.4, -0.2) is 49.8 Å². The average molecular weight is 168 g/mol. The molecule has 3 rings (SSSR count). The molecule has 68 valence electrons. The van der Waals surface area contributed by atoms with Crippen molar-refractivity contribution in [3.05, 3.63) is 0 Å². The van der Waals surface area contributed by atoms with E-state index in [2.05, 4.69) is 10.2 Å². The normalized spacial score (nSPS) is 43.0. The van der Waals surface area contributed by atoms with Gasteiger partial charge in [-0.05, 0) is 25.4 Å². The highest BCUT2D eigenvalue weighted by Gasteiger charge is 2.42. The third-order valence-electron chi connectivity index (χ3n) is 3.58. The molecule has 0 aromatic carbocycles. The van der Waals surface area contributed by atoms with E-state index >= 15 is 0 Å². The summed E-state index contributed by atoms with van der Waals surface area (Å²) in [7, 11) is 0. The Morgan fingerprint density at radius 2 is 2.17 bits per heavy atom. The molecular formula is C9H16N2O. The van der Waals surface area contributed by atoms with Crippen LogP contribution in [0.25, 0.3) is 0 Å². The molecule has 0 radical (unpaired) electrons. The smallest absolute Gasteiger partial charge is 0.0645 e. The van der Waals surface area contributed by atoms with Crippen LogP contribution in [0.4, 0.5) is 0 Å². The van der Waals surface area contributed by atoms with Gasteiger partial charge in [0.05, 0.1) is 19.3 Å². The van der Waals surface area contributed by atoms with Crippen LogP contribution < -0.4 is 5.32 Å². The number of hydrogen-bond acceptors (Lipinski definition) is 3. The van der Waals surface area contributed by atoms with Gasteiger partial charge in [0.25, 0.3) is 0 Å². The standard InChI is InChI=1S/C9H16N2O/c1-2-11(8-5-12-6-8)9-4-10-3-7(1)9/h7-10H,1-6H2/t7-,9+/m1/s1. The van der Waals surface area contributed by atoms with E-state index in [1.165, 1.54) is 26.1 Å². The molecule has 3 aliphatic rings. The van der Waals surface area contributed by atoms with E-state index in [0.717, 1.165) is 31.2 Å². The predicted octanol–water partition coefficient (Wildman–Crippen LogP) is -0.321. The molecule has 0 amide bonds. The fraction of sp³-hybridized carbons (Fsp3) is 1.00. The van der Waals surface area contributed by atoms with E-state index in [-0.39, 0.29) is 0 Å². The number of nitrogens with zero attached hydrogens (tertiary/aromatic N) is 1. The molecule has 3 nitrogen and oxygen atoms in total. The minimum Gasteiger partial charge on any atom is -0.378 e. The fourth-order valence-electron chi connectivity index (χ4n) is 2.75. The Hall–Kier alpha value is -0.120. The van der Waals surface area contributed by atoms with Crippen LogP contribution >= 0.6 is 0 Å². The van der Waals surface area contributed by atoms with Gasteiger partial charge in [-0.3, -0.25) is 4.90 Å². The Balaban J connectivity index is 1.70. The van der Waals surface area contributed by atoms with Crippen LogP contribution in [0.3, 0.4) is 0 Å². The molecule has 3 heteroatoms. The van der Waals surface area contributed by atoms with Crippen molar-refractivity contribution in [1.29, 1.82) is 0 Å². The second-order valence-corrected chi connectivity index (χ2v) is 4.20. The molecule has 3 saturated heterocycles. The van der Waals surface area contributed by atoms with Gasteiger partial charge in [-0.2, -0.15) is 0 Å². The second-order valence-electron chi connectivity index (χ2n) is 4.20. The molecule has 3 aliphatic heterocycles. The first-order chi connectivity index (χ1) is 5.95. The van der Waals surface area contributed by atoms with Crippen LogP contribution in [-0.2, 0) is 4.74 Å². The summed E-state index contributed by atoms with van der Waals surface area (Å²) in [6.45, 7) is 5.72. The van der Waals surface area contributed by atoms with Crippen LogP contribution in [0.5, 0.6) is 0 Å². The second kappa shape index (κ2) is 2.69. The van der Waals surface area contributed by atoms with Gasteiger partial charge in [-0.1, -0.05) is 0 Å². The Labute approximate surface area is 73.1 Å². The minimum atomic E-state index is 0.750. The van der Waals surface area contributed by atoms with Crippen LogP contribution in [0.1, 0.15) is 6.42 Å². The quantitative estimate of drug-likeness (QED) is 0.580. The lowest BCUT2D eigenvalue weighted by Gasteiger charge is -2.37. The molecule has 0 spiro atoms. The Bertz CT molecular complexity index is 181. The fourth-order valence-corrected chi connectivity index (χ4v) is 2.75. The van der Waals surface area contributed by atoms with E-state index < -0.39 is 0 Å². The SMILES string of the molecule is C1OCC1N1CC[C@@H]2CNC[C@@H]21. The molecule has 0 unspecified atom stereocenters. The number of rotatable bonds is 1. The van der Waals surface area contributed by atoms with Crippen molar-refractivity contribution in [3.8, 4) is 0 Å². The van der Waals surface area contributed by atoms with Crippen molar-refractivity contribution in [3.63, 3.8) is 0 Å². The van der Waals surface area contributed by atoms with Crippen molar-refractivity contribution in [1.82, 2.24) is 10.2 Å². The lowest BCUT2D eigenvalue weighted by atomic mass is 10.0. The molecule has 2 atom stereocenters. The molecule has 0 aliphatic carbocycles. The average Bonchev–Trinajstić information content (AvgIpc) is 2.48. The van der Waals surface area contributed by atoms with Crippen molar-refractivity contribution in [2.45, 2.75) is 18.5 Å². The Kier molecular flexibility index (Phi) is 1.63. The highest BCUT2D eigenvalue weighted by molar-refractivity contribution is 4.98. The molecule has 0 aromatic rings. The number of likely N-dealkylation sites (tertiary alicyclic amines) is 1. The van der Waals surface area contributed by atoms with Gasteiger partial charge in [0.2, 0.25) is 0 Å². The van der Waals surface area contributed by atoms with E-state index in [9.17, 15) is 0 Å². The zero-order valence-electron chi connectivity index (χ0n) is 7.33. The summed E-state index contributed by atoms with van der Waals surface area (Å²) >= 11 is 0. The molecule has 12 heavy (non-hydrogen) atoms. The summed E-state index contributed by atoms with van der Waals surface area (Å²) in [4.78, 5) is 2.66. The molecule has 3 heterocycles. The van der Waals surface area contributed by atoms with Gasteiger partial charge < -0.3 is 10.1 Å². The van der Waals surface area contributed by atoms with Crippen molar-refractivity contribution < 1.29 is 4.74 Å². The van der Waals surface area contributed by atoms with Gasteiger partial charge in [0, 0.05) is 12.6 Å². The zero-order chi connectivity index (χ0) is 7.97. The highest BCUT2D eigenvalue weighted by Crippen LogP contribution is 2.30. The molecular weight excluding hydrogens is 152 g/mol. The highest BCUT2D eigenvalue weighted by atomic mass is 16.5. The van der Waals surface area contributed by atoms with Crippen molar-refractivity contribution >= 4 is 0 Å². The lowest BCUT2D eigenvalue weighted by Crippen LogP contribution is -2.52. The molecule has 3 fully saturated rings. The maximum absolute atomic E-state index is 5.23. The summed E-state index contributed by atoms with van der Waals surface area (Å²) in [6, 6.07) is 1.58. The van der Waals surface area contributed by atoms with E-state index in [0.29, 0.717) is 0 Å². The van der Waals surface area contributed by atoms with Gasteiger partial charge in [0.1, 0.15) is 0 Å². The van der Waals surface area contributed by atoms with Gasteiger partial charge in [-0.15, -0.1) is 0 Å². The molecule has 0 aromatic heterocycles. The van der Waals surface area contributed by atoms with Crippen molar-refractivity contribution in [2.24, 2.45) is 5.92 Å². The first-order valence-electron chi connectivity index (χ1n) is 4.99. The maximum atomic E-state index is 5.23. The first-order valence-corrected chi connectivity index (χ1v) is 4.99. The van der Waals surface area contributed by atoms with Gasteiger partial charge in [-0.25, -0.2) is 0 Å². The van der Waals surface area contributed by atoms with Crippen LogP contribution in [0.2, 0.25) is 0 Å². The van der Waals surface area contributed by atoms with E-state index in [4.69, 9.17) is 4.74 Å². The van der Waals surface area contributed by atoms with Crippen LogP contribution in [0, 0.1) is 5.92 Å². The zero-order valence-corrected chi connectivity index (χ0v) is 7.33. The molecule has 0 bridgehead atoms. The van der Waals surface area contributed by atoms with E-state index in [1.54, 1.807) is 0 Å². The maximum Gasteiger partial charge on any atom is 0.0645 e. The summed E-state index contributed by atoms with van der Waals surface area (Å²) in [5.74, 6) is 0.936. The number of hydrogen-bond donors (Lipinski definition) is 1. The third-order valence-corrected chi connectivity index (χ3v) is 3.58. The summed E-state index contributed by atoms with van der Waals surface area (Å²) < 4.78 is 5.23. The monoisotopic (exact) mass is 168 g/mol. The molecule has 0 saturated carbocycles. The van der Waals surface area contributed by atoms with Gasteiger partial charge >= 0.3 is 0 Å². The largest absolute Gasteiger partial charge is 0.378 e. The topological polar surface area (TPSA) is 24.5 Å². The minimum absolute atomic E-state index is 0.750. The third kappa shape index (κ3) is 0.934. The summed E-state index contributed by atoms with van der Waals surface area (Å²) in [5, 5.41) is 3.47. The predicted molar refractivity (Wildman–Crippen MR) is 46.1 cm³/mol. The van der Waals surface area contributed by atoms with Crippen LogP contribution in [0.15, 0.2) is 0 Å². The number of ether oxygens (including phenoxy) is 1. The lowest BCUT2D eigenvalue weighted by molar-refractivity contribution is -0.0687. The summed E-state index contributed by atoms with van der Waals surface area (Å²) in [6.07, 6.45) is 1.40. The Morgan fingerprint density at radius 3 is 2.92 bits per heavy atom. The first kappa shape index (κ1) is 7.30. The molecule has 1 N–H and O–H groups in total. The number of nitrogens with one attached hydrogen (secondary N) is 1.